The van der Waals surface area contributed by atoms with Crippen LogP contribution in [0.3, 0.4) is 0 Å². The molecule has 2 aromatic heterocycles. The van der Waals surface area contributed by atoms with E-state index in [1.165, 1.54) is 16.8 Å². The van der Waals surface area contributed by atoms with E-state index in [-0.39, 0.29) is 22.9 Å². The fourth-order valence-corrected chi connectivity index (χ4v) is 2.46. The van der Waals surface area contributed by atoms with Gasteiger partial charge in [-0.05, 0) is 34.4 Å². The van der Waals surface area contributed by atoms with Gasteiger partial charge in [0.2, 0.25) is 11.6 Å². The highest BCUT2D eigenvalue weighted by molar-refractivity contribution is 5.94. The maximum absolute atomic E-state index is 12.7. The standard InChI is InChI=1S/C16H15F3N8O2/c1-2-4-11-12(22-26-27(11)14-13(20)24-29-25-14)15(28)23-21-8-9-5-3-6-10(7-9)16(17,18)19/h3,5-8H,2,4H2,1H3,(H2,20,24)(H,23,28)/b21-8-. The molecule has 3 rings (SSSR count). The van der Waals surface area contributed by atoms with E-state index in [2.05, 4.69) is 35.8 Å². The summed E-state index contributed by atoms with van der Waals surface area (Å²) in [5.74, 6) is -0.632. The summed E-state index contributed by atoms with van der Waals surface area (Å²) in [6.07, 6.45) is -2.30. The van der Waals surface area contributed by atoms with Crippen LogP contribution in [0.1, 0.15) is 40.7 Å². The fourth-order valence-electron chi connectivity index (χ4n) is 2.46. The van der Waals surface area contributed by atoms with Crippen LogP contribution >= 0.6 is 0 Å². The van der Waals surface area contributed by atoms with Gasteiger partial charge >= 0.3 is 6.18 Å². The Bertz CT molecular complexity index is 1040. The molecule has 10 nitrogen and oxygen atoms in total. The maximum atomic E-state index is 12.7. The molecule has 29 heavy (non-hydrogen) atoms. The highest BCUT2D eigenvalue weighted by Crippen LogP contribution is 2.29. The molecule has 3 aromatic rings. The number of nitrogens with two attached hydrogens (primary N) is 1. The molecule has 1 amide bonds. The third kappa shape index (κ3) is 4.39. The van der Waals surface area contributed by atoms with Gasteiger partial charge in [0.25, 0.3) is 5.91 Å². The topological polar surface area (TPSA) is 137 Å². The molecule has 0 bridgehead atoms. The Hall–Kier alpha value is -3.77. The monoisotopic (exact) mass is 408 g/mol. The average Bonchev–Trinajstić information content (AvgIpc) is 3.27. The molecule has 152 valence electrons. The number of benzene rings is 1. The van der Waals surface area contributed by atoms with Crippen LogP contribution in [0.25, 0.3) is 5.82 Å². The van der Waals surface area contributed by atoms with Crippen molar-refractivity contribution in [2.45, 2.75) is 25.9 Å². The zero-order valence-corrected chi connectivity index (χ0v) is 15.0. The molecule has 0 aliphatic heterocycles. The van der Waals surface area contributed by atoms with Gasteiger partial charge in [-0.1, -0.05) is 30.7 Å². The predicted octanol–water partition coefficient (Wildman–Crippen LogP) is 1.97. The number of hydrazone groups is 1. The minimum absolute atomic E-state index is 0.0261. The van der Waals surface area contributed by atoms with E-state index in [1.807, 2.05) is 6.92 Å². The average molecular weight is 408 g/mol. The second-order valence-electron chi connectivity index (χ2n) is 5.84. The van der Waals surface area contributed by atoms with Gasteiger partial charge in [0, 0.05) is 0 Å². The third-order valence-electron chi connectivity index (χ3n) is 3.75. The van der Waals surface area contributed by atoms with E-state index < -0.39 is 17.6 Å². The SMILES string of the molecule is CCCc1c(C(=O)N/N=C\c2cccc(C(F)(F)F)c2)nnn1-c1nonc1N. The Balaban J connectivity index is 1.79. The van der Waals surface area contributed by atoms with Crippen molar-refractivity contribution in [1.82, 2.24) is 30.7 Å². The van der Waals surface area contributed by atoms with Crippen LogP contribution in [0.4, 0.5) is 19.0 Å². The lowest BCUT2D eigenvalue weighted by Gasteiger charge is -2.06. The molecular formula is C16H15F3N8O2. The van der Waals surface area contributed by atoms with Crippen molar-refractivity contribution in [2.75, 3.05) is 5.73 Å². The first-order valence-corrected chi connectivity index (χ1v) is 8.35. The molecule has 3 N–H and O–H groups in total. The summed E-state index contributed by atoms with van der Waals surface area (Å²) in [5.41, 5.74) is 7.59. The Kier molecular flexibility index (Phi) is 5.57. The first-order chi connectivity index (χ1) is 13.8. The van der Waals surface area contributed by atoms with Gasteiger partial charge in [0.15, 0.2) is 5.69 Å². The minimum Gasteiger partial charge on any atom is -0.378 e. The molecule has 2 heterocycles. The van der Waals surface area contributed by atoms with Crippen molar-refractivity contribution < 1.29 is 22.6 Å². The van der Waals surface area contributed by atoms with Gasteiger partial charge in [0.05, 0.1) is 17.5 Å². The Labute approximate surface area is 161 Å². The summed E-state index contributed by atoms with van der Waals surface area (Å²) in [7, 11) is 0. The number of amides is 1. The van der Waals surface area contributed by atoms with E-state index in [1.54, 1.807) is 0 Å². The van der Waals surface area contributed by atoms with Crippen molar-refractivity contribution >= 4 is 17.9 Å². The number of hydrogen-bond donors (Lipinski definition) is 2. The van der Waals surface area contributed by atoms with Gasteiger partial charge in [-0.2, -0.15) is 23.0 Å². The number of alkyl halides is 3. The van der Waals surface area contributed by atoms with Gasteiger partial charge in [-0.25, -0.2) is 10.1 Å². The Morgan fingerprint density at radius 2 is 2.17 bits per heavy atom. The van der Waals surface area contributed by atoms with E-state index in [9.17, 15) is 18.0 Å². The highest BCUT2D eigenvalue weighted by Gasteiger charge is 2.30. The fraction of sp³-hybridized carbons (Fsp3) is 0.250. The van der Waals surface area contributed by atoms with Crippen LogP contribution in [0.2, 0.25) is 0 Å². The van der Waals surface area contributed by atoms with Crippen LogP contribution in [0, 0.1) is 0 Å². The van der Waals surface area contributed by atoms with Crippen LogP contribution in [0.5, 0.6) is 0 Å². The molecule has 0 atom stereocenters. The van der Waals surface area contributed by atoms with E-state index in [0.717, 1.165) is 18.3 Å². The first-order valence-electron chi connectivity index (χ1n) is 8.35. The number of aromatic nitrogens is 5. The van der Waals surface area contributed by atoms with E-state index in [4.69, 9.17) is 5.73 Å². The lowest BCUT2D eigenvalue weighted by Crippen LogP contribution is -2.20. The van der Waals surface area contributed by atoms with Crippen molar-refractivity contribution in [2.24, 2.45) is 5.10 Å². The number of nitrogens with zero attached hydrogens (tertiary/aromatic N) is 6. The zero-order chi connectivity index (χ0) is 21.0. The molecule has 0 aliphatic rings. The van der Waals surface area contributed by atoms with Crippen LogP contribution in [0.15, 0.2) is 34.0 Å². The largest absolute Gasteiger partial charge is 0.416 e. The number of nitrogen functional groups attached to an aromatic ring is 1. The van der Waals surface area contributed by atoms with Gasteiger partial charge in [0.1, 0.15) is 0 Å². The summed E-state index contributed by atoms with van der Waals surface area (Å²) in [5, 5.41) is 18.4. The summed E-state index contributed by atoms with van der Waals surface area (Å²) >= 11 is 0. The van der Waals surface area contributed by atoms with Crippen molar-refractivity contribution in [3.8, 4) is 5.82 Å². The van der Waals surface area contributed by atoms with Gasteiger partial charge in [-0.15, -0.1) is 5.10 Å². The van der Waals surface area contributed by atoms with Gasteiger partial charge in [-0.3, -0.25) is 4.79 Å². The van der Waals surface area contributed by atoms with Gasteiger partial charge < -0.3 is 5.73 Å². The van der Waals surface area contributed by atoms with Crippen molar-refractivity contribution in [3.63, 3.8) is 0 Å². The van der Waals surface area contributed by atoms with Crippen LogP contribution in [-0.2, 0) is 12.6 Å². The number of nitrogens with one attached hydrogen (secondary N) is 1. The number of anilines is 1. The molecular weight excluding hydrogens is 393 g/mol. The molecule has 13 heteroatoms. The molecule has 0 radical (unpaired) electrons. The molecule has 0 unspecified atom stereocenters. The lowest BCUT2D eigenvalue weighted by atomic mass is 10.1. The summed E-state index contributed by atoms with van der Waals surface area (Å²) in [6.45, 7) is 1.88. The maximum Gasteiger partial charge on any atom is 0.416 e. The number of rotatable bonds is 6. The smallest absolute Gasteiger partial charge is 0.378 e. The minimum atomic E-state index is -4.47. The van der Waals surface area contributed by atoms with Crippen molar-refractivity contribution in [3.05, 3.63) is 46.8 Å². The lowest BCUT2D eigenvalue weighted by molar-refractivity contribution is -0.137. The second-order valence-corrected chi connectivity index (χ2v) is 5.84. The normalized spacial score (nSPS) is 11.9. The highest BCUT2D eigenvalue weighted by atomic mass is 19.4. The number of carbonyl (C=O) groups excluding carboxylic acids is 1. The molecule has 0 saturated carbocycles. The van der Waals surface area contributed by atoms with Crippen LogP contribution < -0.4 is 11.2 Å². The Morgan fingerprint density at radius 1 is 1.38 bits per heavy atom. The Morgan fingerprint density at radius 3 is 2.83 bits per heavy atom. The summed E-state index contributed by atoms with van der Waals surface area (Å²) in [4.78, 5) is 12.4. The molecule has 0 fully saturated rings. The number of carbonyl (C=O) groups is 1. The molecule has 0 spiro atoms. The van der Waals surface area contributed by atoms with Crippen molar-refractivity contribution in [1.29, 1.82) is 0 Å². The molecule has 0 saturated heterocycles. The summed E-state index contributed by atoms with van der Waals surface area (Å²) < 4.78 is 44.0. The molecule has 0 aliphatic carbocycles. The number of hydrogen-bond acceptors (Lipinski definition) is 8. The second kappa shape index (κ2) is 8.08. The zero-order valence-electron chi connectivity index (χ0n) is 15.0. The molecule has 1 aromatic carbocycles. The quantitative estimate of drug-likeness (QED) is 0.470. The predicted molar refractivity (Wildman–Crippen MR) is 94.1 cm³/mol. The van der Waals surface area contributed by atoms with Crippen LogP contribution in [-0.4, -0.2) is 37.4 Å². The number of halogens is 3. The third-order valence-corrected chi connectivity index (χ3v) is 3.75. The first kappa shape index (κ1) is 20.0. The summed E-state index contributed by atoms with van der Waals surface area (Å²) in [6, 6.07) is 4.52. The van der Waals surface area contributed by atoms with E-state index in [0.29, 0.717) is 18.5 Å². The van der Waals surface area contributed by atoms with E-state index >= 15 is 0 Å².